The quantitative estimate of drug-likeness (QED) is 0.532. The molecule has 0 bridgehead atoms. The van der Waals surface area contributed by atoms with Crippen molar-refractivity contribution in [1.29, 1.82) is 0 Å². The number of nitrogens with one attached hydrogen (secondary N) is 3. The van der Waals surface area contributed by atoms with Crippen LogP contribution < -0.4 is 16.0 Å². The summed E-state index contributed by atoms with van der Waals surface area (Å²) in [5.41, 5.74) is 0. The topological polar surface area (TPSA) is 84.0 Å². The number of hydrogen-bond acceptors (Lipinski definition) is 7. The molecule has 0 aliphatic carbocycles. The minimum atomic E-state index is -3.26. The van der Waals surface area contributed by atoms with Gasteiger partial charge in [0.2, 0.25) is 0 Å². The highest BCUT2D eigenvalue weighted by Gasteiger charge is 2.52. The molecular formula is C15H31N3O4P+. The van der Waals surface area contributed by atoms with E-state index >= 15 is 0 Å². The fourth-order valence-electron chi connectivity index (χ4n) is 3.34. The highest BCUT2D eigenvalue weighted by Crippen LogP contribution is 2.62. The maximum atomic E-state index is 11.1. The summed E-state index contributed by atoms with van der Waals surface area (Å²) in [6.07, 6.45) is 5.46. The summed E-state index contributed by atoms with van der Waals surface area (Å²) in [4.78, 5) is 11.1. The zero-order valence-corrected chi connectivity index (χ0v) is 14.7. The van der Waals surface area contributed by atoms with Gasteiger partial charge in [0, 0.05) is 0 Å². The molecule has 0 aromatic rings. The molecule has 7 nitrogen and oxygen atoms in total. The maximum Gasteiger partial charge on any atom is 0.573 e. The van der Waals surface area contributed by atoms with Crippen LogP contribution in [0.4, 0.5) is 0 Å². The lowest BCUT2D eigenvalue weighted by atomic mass is 10.1. The Morgan fingerprint density at radius 1 is 0.565 bits per heavy atom. The van der Waals surface area contributed by atoms with Gasteiger partial charge in [-0.05, 0) is 77.8 Å². The number of piperidine rings is 3. The highest BCUT2D eigenvalue weighted by molar-refractivity contribution is 7.55. The molecule has 0 aromatic carbocycles. The third kappa shape index (κ3) is 5.87. The molecule has 3 heterocycles. The van der Waals surface area contributed by atoms with E-state index in [1.807, 2.05) is 0 Å². The van der Waals surface area contributed by atoms with Gasteiger partial charge >= 0.3 is 8.17 Å². The third-order valence-electron chi connectivity index (χ3n) is 4.71. The first-order chi connectivity index (χ1) is 11.2. The van der Waals surface area contributed by atoms with Gasteiger partial charge in [0.05, 0.1) is 0 Å². The standard InChI is InChI=1S/C15H31N3O4P/c19-23(20-13-1-7-16-8-2-13,21-14-3-9-17-10-4-14)22-15-5-11-18-12-6-15/h13-19H,1-12H2/q+1. The fraction of sp³-hybridized carbons (Fsp3) is 1.00. The van der Waals surface area contributed by atoms with Gasteiger partial charge in [-0.25, -0.2) is 0 Å². The SMILES string of the molecule is O[P+](OC1CCNCC1)(OC1CCNCC1)OC1CCNCC1. The van der Waals surface area contributed by atoms with Gasteiger partial charge in [-0.2, -0.15) is 4.89 Å². The Hall–Kier alpha value is 0.150. The van der Waals surface area contributed by atoms with Crippen LogP contribution in [0.3, 0.4) is 0 Å². The van der Waals surface area contributed by atoms with Gasteiger partial charge in [0.25, 0.3) is 0 Å². The zero-order valence-electron chi connectivity index (χ0n) is 13.8. The predicted octanol–water partition coefficient (Wildman–Crippen LogP) is 0.962. The van der Waals surface area contributed by atoms with E-state index in [1.165, 1.54) is 0 Å². The van der Waals surface area contributed by atoms with E-state index in [0.717, 1.165) is 77.8 Å². The van der Waals surface area contributed by atoms with Crippen molar-refractivity contribution in [2.45, 2.75) is 56.8 Å². The third-order valence-corrected chi connectivity index (χ3v) is 6.40. The van der Waals surface area contributed by atoms with E-state index in [9.17, 15) is 4.89 Å². The minimum Gasteiger partial charge on any atom is -0.317 e. The van der Waals surface area contributed by atoms with Crippen molar-refractivity contribution < 1.29 is 18.5 Å². The lowest BCUT2D eigenvalue weighted by molar-refractivity contribution is -0.0121. The monoisotopic (exact) mass is 348 g/mol. The molecule has 3 saturated heterocycles. The van der Waals surface area contributed by atoms with E-state index in [4.69, 9.17) is 13.6 Å². The summed E-state index contributed by atoms with van der Waals surface area (Å²) in [6.45, 7) is 5.53. The Labute approximate surface area is 139 Å². The Morgan fingerprint density at radius 2 is 0.826 bits per heavy atom. The van der Waals surface area contributed by atoms with E-state index < -0.39 is 8.17 Å². The molecule has 0 saturated carbocycles. The molecule has 0 radical (unpaired) electrons. The van der Waals surface area contributed by atoms with Gasteiger partial charge in [-0.3, -0.25) is 0 Å². The second kappa shape index (κ2) is 9.02. The molecule has 134 valence electrons. The van der Waals surface area contributed by atoms with Gasteiger partial charge in [-0.15, -0.1) is 13.6 Å². The van der Waals surface area contributed by atoms with Gasteiger partial charge in [-0.1, -0.05) is 0 Å². The Morgan fingerprint density at radius 3 is 1.09 bits per heavy atom. The van der Waals surface area contributed by atoms with Crippen LogP contribution in [0.2, 0.25) is 0 Å². The largest absolute Gasteiger partial charge is 0.573 e. The maximum absolute atomic E-state index is 11.1. The molecule has 3 aliphatic rings. The summed E-state index contributed by atoms with van der Waals surface area (Å²) < 4.78 is 18.1. The van der Waals surface area contributed by atoms with E-state index in [2.05, 4.69) is 16.0 Å². The summed E-state index contributed by atoms with van der Waals surface area (Å²) >= 11 is 0. The fourth-order valence-corrected chi connectivity index (χ4v) is 5.25. The van der Waals surface area contributed by atoms with Crippen LogP contribution >= 0.6 is 8.17 Å². The molecule has 8 heteroatoms. The molecule has 3 aliphatic heterocycles. The second-order valence-corrected chi connectivity index (χ2v) is 8.20. The van der Waals surface area contributed by atoms with Gasteiger partial charge in [0.15, 0.2) is 0 Å². The first kappa shape index (κ1) is 18.0. The van der Waals surface area contributed by atoms with Crippen LogP contribution in [-0.2, 0) is 13.6 Å². The number of hydrogen-bond donors (Lipinski definition) is 4. The van der Waals surface area contributed by atoms with Crippen LogP contribution in [0.25, 0.3) is 0 Å². The van der Waals surface area contributed by atoms with Gasteiger partial charge < -0.3 is 16.0 Å². The van der Waals surface area contributed by atoms with Crippen molar-refractivity contribution in [3.63, 3.8) is 0 Å². The molecule has 0 atom stereocenters. The molecule has 3 fully saturated rings. The molecule has 0 amide bonds. The van der Waals surface area contributed by atoms with Crippen LogP contribution in [0.1, 0.15) is 38.5 Å². The van der Waals surface area contributed by atoms with Crippen LogP contribution in [0, 0.1) is 0 Å². The first-order valence-corrected chi connectivity index (χ1v) is 10.5. The van der Waals surface area contributed by atoms with Crippen molar-refractivity contribution in [3.8, 4) is 0 Å². The summed E-state index contributed by atoms with van der Waals surface area (Å²) in [7, 11) is -3.26. The molecule has 0 spiro atoms. The Balaban J connectivity index is 1.59. The van der Waals surface area contributed by atoms with Crippen molar-refractivity contribution >= 4 is 8.17 Å². The normalized spacial score (nSPS) is 26.5. The molecular weight excluding hydrogens is 317 g/mol. The number of rotatable bonds is 6. The van der Waals surface area contributed by atoms with Crippen molar-refractivity contribution in [3.05, 3.63) is 0 Å². The molecule has 3 rings (SSSR count). The lowest BCUT2D eigenvalue weighted by Crippen LogP contribution is -2.37. The Kier molecular flexibility index (Phi) is 7.04. The zero-order chi connectivity index (χ0) is 16.0. The smallest absolute Gasteiger partial charge is 0.317 e. The van der Waals surface area contributed by atoms with Crippen molar-refractivity contribution in [2.24, 2.45) is 0 Å². The first-order valence-electron chi connectivity index (χ1n) is 9.03. The van der Waals surface area contributed by atoms with Crippen molar-refractivity contribution in [2.75, 3.05) is 39.3 Å². The van der Waals surface area contributed by atoms with E-state index in [0.29, 0.717) is 0 Å². The Bertz CT molecular complexity index is 295. The summed E-state index contributed by atoms with van der Waals surface area (Å²) in [5.74, 6) is 0. The average Bonchev–Trinajstić information content (AvgIpc) is 2.57. The molecule has 0 unspecified atom stereocenters. The minimum absolute atomic E-state index is 0.0259. The summed E-state index contributed by atoms with van der Waals surface area (Å²) in [5, 5.41) is 9.95. The predicted molar refractivity (Wildman–Crippen MR) is 90.1 cm³/mol. The van der Waals surface area contributed by atoms with Crippen LogP contribution in [0.15, 0.2) is 0 Å². The van der Waals surface area contributed by atoms with E-state index in [-0.39, 0.29) is 18.3 Å². The lowest BCUT2D eigenvalue weighted by Gasteiger charge is -2.30. The van der Waals surface area contributed by atoms with Crippen LogP contribution in [-0.4, -0.2) is 62.5 Å². The van der Waals surface area contributed by atoms with Crippen molar-refractivity contribution in [1.82, 2.24) is 16.0 Å². The molecule has 4 N–H and O–H groups in total. The second-order valence-electron chi connectivity index (χ2n) is 6.63. The van der Waals surface area contributed by atoms with Gasteiger partial charge in [0.1, 0.15) is 18.3 Å². The summed E-state index contributed by atoms with van der Waals surface area (Å²) in [6, 6.07) is 0. The molecule has 23 heavy (non-hydrogen) atoms. The highest BCUT2D eigenvalue weighted by atomic mass is 31.2. The van der Waals surface area contributed by atoms with E-state index in [1.54, 1.807) is 0 Å². The average molecular weight is 348 g/mol. The van der Waals surface area contributed by atoms with Crippen LogP contribution in [0.5, 0.6) is 0 Å². The molecule has 0 aromatic heterocycles.